The van der Waals surface area contributed by atoms with E-state index in [2.05, 4.69) is 9.97 Å². The highest BCUT2D eigenvalue weighted by Crippen LogP contribution is 2.40. The van der Waals surface area contributed by atoms with E-state index in [1.807, 2.05) is 32.0 Å². The number of nitrogens with zero attached hydrogens (tertiary/aromatic N) is 3. The third-order valence-electron chi connectivity index (χ3n) is 5.24. The summed E-state index contributed by atoms with van der Waals surface area (Å²) in [6.07, 6.45) is 5.68. The minimum Gasteiger partial charge on any atom is -0.481 e. The fraction of sp³-hybridized carbons (Fsp3) is 0.167. The zero-order valence-electron chi connectivity index (χ0n) is 17.6. The predicted octanol–water partition coefficient (Wildman–Crippen LogP) is 5.72. The van der Waals surface area contributed by atoms with Gasteiger partial charge in [0.2, 0.25) is 0 Å². The van der Waals surface area contributed by atoms with Gasteiger partial charge < -0.3 is 10.8 Å². The maximum atomic E-state index is 11.6. The first kappa shape index (κ1) is 21.9. The molecule has 0 saturated heterocycles. The molecule has 0 spiro atoms. The van der Waals surface area contributed by atoms with Crippen molar-refractivity contribution in [2.24, 2.45) is 5.73 Å². The van der Waals surface area contributed by atoms with Crippen LogP contribution >= 0.6 is 22.9 Å². The number of benzene rings is 2. The van der Waals surface area contributed by atoms with E-state index in [0.717, 1.165) is 55.0 Å². The van der Waals surface area contributed by atoms with Crippen LogP contribution in [-0.2, 0) is 11.2 Å². The lowest BCUT2D eigenvalue weighted by molar-refractivity contribution is -0.136. The first-order valence-electron chi connectivity index (χ1n) is 10.1. The minimum atomic E-state index is -0.879. The number of hydrogen-bond donors (Lipinski definition) is 2. The second kappa shape index (κ2) is 9.06. The molecule has 3 N–H and O–H groups in total. The van der Waals surface area contributed by atoms with Crippen molar-refractivity contribution in [3.05, 3.63) is 70.9 Å². The van der Waals surface area contributed by atoms with E-state index in [4.69, 9.17) is 22.3 Å². The molecule has 4 rings (SSSR count). The Balaban J connectivity index is 1.89. The lowest BCUT2D eigenvalue weighted by atomic mass is 9.93. The van der Waals surface area contributed by atoms with Gasteiger partial charge in [0.1, 0.15) is 5.01 Å². The third-order valence-corrected chi connectivity index (χ3v) is 6.63. The van der Waals surface area contributed by atoms with E-state index in [9.17, 15) is 9.90 Å². The molecule has 2 aromatic carbocycles. The summed E-state index contributed by atoms with van der Waals surface area (Å²) in [5.41, 5.74) is 11.6. The van der Waals surface area contributed by atoms with Crippen molar-refractivity contribution >= 4 is 44.7 Å². The van der Waals surface area contributed by atoms with Crippen LogP contribution < -0.4 is 5.73 Å². The lowest BCUT2D eigenvalue weighted by Crippen LogP contribution is -2.04. The first-order chi connectivity index (χ1) is 15.4. The van der Waals surface area contributed by atoms with Gasteiger partial charge in [-0.2, -0.15) is 0 Å². The SMILES string of the molecule is CC/C(=C/N)c1ncc(-c2nc3cc(C)c(CC(=O)O)c(-c4ccc(Cl)cc4)c3s2)cn1. The van der Waals surface area contributed by atoms with Crippen molar-refractivity contribution in [1.29, 1.82) is 0 Å². The first-order valence-corrected chi connectivity index (χ1v) is 11.2. The highest BCUT2D eigenvalue weighted by molar-refractivity contribution is 7.22. The summed E-state index contributed by atoms with van der Waals surface area (Å²) in [6, 6.07) is 9.37. The van der Waals surface area contributed by atoms with Crippen LogP contribution in [0.4, 0.5) is 0 Å². The van der Waals surface area contributed by atoms with Crippen LogP contribution in [0.2, 0.25) is 5.02 Å². The molecule has 8 heteroatoms. The summed E-state index contributed by atoms with van der Waals surface area (Å²) in [4.78, 5) is 25.3. The number of allylic oxidation sites excluding steroid dienone is 1. The molecule has 0 aliphatic rings. The largest absolute Gasteiger partial charge is 0.481 e. The van der Waals surface area contributed by atoms with Gasteiger partial charge in [-0.25, -0.2) is 15.0 Å². The van der Waals surface area contributed by atoms with Crippen LogP contribution in [-0.4, -0.2) is 26.0 Å². The van der Waals surface area contributed by atoms with E-state index in [1.54, 1.807) is 24.5 Å². The minimum absolute atomic E-state index is 0.0734. The van der Waals surface area contributed by atoms with Crippen molar-refractivity contribution in [3.8, 4) is 21.7 Å². The Morgan fingerprint density at radius 3 is 2.47 bits per heavy atom. The average Bonchev–Trinajstić information content (AvgIpc) is 3.19. The number of fused-ring (bicyclic) bond motifs is 1. The number of aliphatic carboxylic acids is 1. The molecule has 0 bridgehead atoms. The van der Waals surface area contributed by atoms with Gasteiger partial charge in [0, 0.05) is 40.3 Å². The number of thiazole rings is 1. The highest BCUT2D eigenvalue weighted by Gasteiger charge is 2.19. The molecule has 0 amide bonds. The number of carboxylic acids is 1. The Morgan fingerprint density at radius 1 is 1.19 bits per heavy atom. The molecule has 162 valence electrons. The fourth-order valence-corrected chi connectivity index (χ4v) is 4.85. The molecule has 0 atom stereocenters. The van der Waals surface area contributed by atoms with Crippen LogP contribution in [0.5, 0.6) is 0 Å². The summed E-state index contributed by atoms with van der Waals surface area (Å²) < 4.78 is 0.921. The van der Waals surface area contributed by atoms with Gasteiger partial charge in [-0.15, -0.1) is 11.3 Å². The van der Waals surface area contributed by atoms with Gasteiger partial charge in [0.25, 0.3) is 0 Å². The summed E-state index contributed by atoms with van der Waals surface area (Å²) in [7, 11) is 0. The van der Waals surface area contributed by atoms with Crippen molar-refractivity contribution in [2.45, 2.75) is 26.7 Å². The number of hydrogen-bond acceptors (Lipinski definition) is 6. The average molecular weight is 465 g/mol. The summed E-state index contributed by atoms with van der Waals surface area (Å²) in [6.45, 7) is 3.92. The molecule has 4 aromatic rings. The monoisotopic (exact) mass is 464 g/mol. The molecule has 6 nitrogen and oxygen atoms in total. The molecule has 0 saturated carbocycles. The van der Waals surface area contributed by atoms with Crippen molar-refractivity contribution < 1.29 is 9.90 Å². The molecular formula is C24H21ClN4O2S. The standard InChI is InChI=1S/C24H21ClN4O2S/c1-3-14(10-26)23-27-11-16(12-28-23)24-29-19-8-13(2)18(9-20(30)31)21(22(19)32-24)15-4-6-17(25)7-5-15/h4-8,10-12H,3,9,26H2,1-2H3,(H,30,31)/b14-10-. The van der Waals surface area contributed by atoms with Gasteiger partial charge in [-0.1, -0.05) is 30.7 Å². The van der Waals surface area contributed by atoms with Crippen LogP contribution in [0.1, 0.15) is 30.3 Å². The Hall–Kier alpha value is -3.29. The molecule has 2 heterocycles. The van der Waals surface area contributed by atoms with Gasteiger partial charge >= 0.3 is 5.97 Å². The Kier molecular flexibility index (Phi) is 6.21. The number of carboxylic acid groups (broad SMARTS) is 1. The normalized spacial score (nSPS) is 11.8. The predicted molar refractivity (Wildman–Crippen MR) is 130 cm³/mol. The maximum absolute atomic E-state index is 11.6. The number of aryl methyl sites for hydroxylation is 1. The number of nitrogens with two attached hydrogens (primary N) is 1. The molecule has 0 radical (unpaired) electrons. The summed E-state index contributed by atoms with van der Waals surface area (Å²) in [5.74, 6) is -0.280. The molecule has 32 heavy (non-hydrogen) atoms. The van der Waals surface area contributed by atoms with E-state index < -0.39 is 5.97 Å². The molecule has 0 unspecified atom stereocenters. The van der Waals surface area contributed by atoms with Crippen LogP contribution in [0.3, 0.4) is 0 Å². The Bertz CT molecular complexity index is 1330. The van der Waals surface area contributed by atoms with Crippen molar-refractivity contribution in [2.75, 3.05) is 0 Å². The van der Waals surface area contributed by atoms with E-state index >= 15 is 0 Å². The molecular weight excluding hydrogens is 444 g/mol. The Morgan fingerprint density at radius 2 is 1.88 bits per heavy atom. The zero-order chi connectivity index (χ0) is 22.8. The maximum Gasteiger partial charge on any atom is 0.307 e. The van der Waals surface area contributed by atoms with E-state index in [1.165, 1.54) is 17.5 Å². The van der Waals surface area contributed by atoms with E-state index in [-0.39, 0.29) is 6.42 Å². The lowest BCUT2D eigenvalue weighted by Gasteiger charge is -2.13. The van der Waals surface area contributed by atoms with Crippen LogP contribution in [0.15, 0.2) is 48.9 Å². The molecule has 0 fully saturated rings. The molecule has 2 aromatic heterocycles. The van der Waals surface area contributed by atoms with Crippen LogP contribution in [0.25, 0.3) is 37.5 Å². The van der Waals surface area contributed by atoms with Gasteiger partial charge in [-0.3, -0.25) is 4.79 Å². The van der Waals surface area contributed by atoms with Gasteiger partial charge in [0.15, 0.2) is 5.82 Å². The molecule has 0 aliphatic heterocycles. The van der Waals surface area contributed by atoms with Gasteiger partial charge in [-0.05, 0) is 48.2 Å². The smallest absolute Gasteiger partial charge is 0.307 e. The number of halogens is 1. The second-order valence-electron chi connectivity index (χ2n) is 7.33. The fourth-order valence-electron chi connectivity index (χ4n) is 3.61. The van der Waals surface area contributed by atoms with E-state index in [0.29, 0.717) is 10.8 Å². The van der Waals surface area contributed by atoms with Crippen molar-refractivity contribution in [1.82, 2.24) is 15.0 Å². The third kappa shape index (κ3) is 4.22. The van der Waals surface area contributed by atoms with Gasteiger partial charge in [0.05, 0.1) is 16.6 Å². The topological polar surface area (TPSA) is 102 Å². The summed E-state index contributed by atoms with van der Waals surface area (Å²) in [5, 5.41) is 10.9. The van der Waals surface area contributed by atoms with Crippen molar-refractivity contribution in [3.63, 3.8) is 0 Å². The zero-order valence-corrected chi connectivity index (χ0v) is 19.2. The number of rotatable bonds is 6. The second-order valence-corrected chi connectivity index (χ2v) is 8.77. The summed E-state index contributed by atoms with van der Waals surface area (Å²) >= 11 is 7.58. The van der Waals surface area contributed by atoms with Crippen LogP contribution in [0, 0.1) is 6.92 Å². The quantitative estimate of drug-likeness (QED) is 0.378. The number of carbonyl (C=O) groups is 1. The number of aromatic nitrogens is 3. The highest BCUT2D eigenvalue weighted by atomic mass is 35.5. The Labute approximate surface area is 194 Å². The molecule has 0 aliphatic carbocycles.